The number of allylic oxidation sites excluding steroid dienone is 1. The molecule has 0 bridgehead atoms. The van der Waals surface area contributed by atoms with Crippen LogP contribution in [0.1, 0.15) is 41.8 Å². The van der Waals surface area contributed by atoms with Crippen molar-refractivity contribution in [3.8, 4) is 11.5 Å². The molecule has 24 heavy (non-hydrogen) atoms. The van der Waals surface area contributed by atoms with Gasteiger partial charge < -0.3 is 9.84 Å². The largest absolute Gasteiger partial charge is 0.507 e. The van der Waals surface area contributed by atoms with Gasteiger partial charge in [0.05, 0.1) is 0 Å². The maximum Gasteiger partial charge on any atom is 0.347 e. The summed E-state index contributed by atoms with van der Waals surface area (Å²) in [5.74, 6) is 0.352. The van der Waals surface area contributed by atoms with Crippen LogP contribution in [0.15, 0.2) is 55.1 Å². The Morgan fingerprint density at radius 2 is 1.96 bits per heavy atom. The molecule has 0 saturated heterocycles. The molecule has 0 aromatic heterocycles. The predicted octanol–water partition coefficient (Wildman–Crippen LogP) is 4.93. The third-order valence-electron chi connectivity index (χ3n) is 4.17. The number of phenols is 1. The molecule has 3 nitrogen and oxygen atoms in total. The van der Waals surface area contributed by atoms with Gasteiger partial charge in [0, 0.05) is 0 Å². The van der Waals surface area contributed by atoms with Gasteiger partial charge in [-0.2, -0.15) is 0 Å². The van der Waals surface area contributed by atoms with E-state index in [1.165, 1.54) is 0 Å². The van der Waals surface area contributed by atoms with E-state index in [2.05, 4.69) is 20.4 Å². The second-order valence-electron chi connectivity index (χ2n) is 6.01. The standard InChI is InChI=1S/C21H24O3/c1-4-9-16-12-13-18(20(22)19(16)14-15(3)5-2)21(23)24-17-10-7-6-8-11-17/h4,6-8,10-13,15,22H,1,5,9,14H2,2-3H3. The van der Waals surface area contributed by atoms with Crippen LogP contribution in [-0.2, 0) is 12.8 Å². The van der Waals surface area contributed by atoms with Crippen LogP contribution >= 0.6 is 0 Å². The van der Waals surface area contributed by atoms with E-state index in [0.717, 1.165) is 24.0 Å². The van der Waals surface area contributed by atoms with Crippen LogP contribution in [0, 0.1) is 5.92 Å². The SMILES string of the molecule is C=CCc1ccc(C(=O)Oc2ccccc2)c(O)c1CC(C)CC. The number of benzene rings is 2. The molecule has 0 aliphatic heterocycles. The minimum atomic E-state index is -0.547. The Labute approximate surface area is 143 Å². The summed E-state index contributed by atoms with van der Waals surface area (Å²) < 4.78 is 5.35. The Kier molecular flexibility index (Phi) is 6.19. The minimum Gasteiger partial charge on any atom is -0.507 e. The highest BCUT2D eigenvalue weighted by atomic mass is 16.5. The van der Waals surface area contributed by atoms with E-state index in [1.807, 2.05) is 12.1 Å². The van der Waals surface area contributed by atoms with E-state index >= 15 is 0 Å². The molecule has 2 rings (SSSR count). The molecule has 0 spiro atoms. The highest BCUT2D eigenvalue weighted by Gasteiger charge is 2.20. The van der Waals surface area contributed by atoms with Crippen LogP contribution in [0.5, 0.6) is 11.5 Å². The number of esters is 1. The fourth-order valence-electron chi connectivity index (χ4n) is 2.56. The number of phenolic OH excluding ortho intramolecular Hbond substituents is 1. The average molecular weight is 324 g/mol. The molecule has 2 aromatic carbocycles. The number of hydrogen-bond donors (Lipinski definition) is 1. The van der Waals surface area contributed by atoms with Crippen molar-refractivity contribution >= 4 is 5.97 Å². The molecule has 0 aliphatic carbocycles. The van der Waals surface area contributed by atoms with Gasteiger partial charge in [0.2, 0.25) is 0 Å². The third-order valence-corrected chi connectivity index (χ3v) is 4.17. The molecule has 0 amide bonds. The highest BCUT2D eigenvalue weighted by Crippen LogP contribution is 2.30. The van der Waals surface area contributed by atoms with Gasteiger partial charge in [0.15, 0.2) is 0 Å². The number of ether oxygens (including phenoxy) is 1. The van der Waals surface area contributed by atoms with Crippen molar-refractivity contribution < 1.29 is 14.6 Å². The third kappa shape index (κ3) is 4.25. The maximum atomic E-state index is 12.4. The van der Waals surface area contributed by atoms with Crippen LogP contribution < -0.4 is 4.74 Å². The molecule has 0 heterocycles. The lowest BCUT2D eigenvalue weighted by molar-refractivity contribution is 0.0731. The summed E-state index contributed by atoms with van der Waals surface area (Å²) >= 11 is 0. The van der Waals surface area contributed by atoms with Gasteiger partial charge in [-0.15, -0.1) is 6.58 Å². The number of carbonyl (C=O) groups is 1. The number of rotatable bonds is 7. The predicted molar refractivity (Wildman–Crippen MR) is 96.6 cm³/mol. The first-order valence-electron chi connectivity index (χ1n) is 8.28. The lowest BCUT2D eigenvalue weighted by Gasteiger charge is -2.16. The zero-order chi connectivity index (χ0) is 17.5. The van der Waals surface area contributed by atoms with Crippen LogP contribution in [0.3, 0.4) is 0 Å². The molecular formula is C21H24O3. The van der Waals surface area contributed by atoms with Crippen LogP contribution in [0.4, 0.5) is 0 Å². The summed E-state index contributed by atoms with van der Waals surface area (Å²) in [6.07, 6.45) is 4.19. The fraction of sp³-hybridized carbons (Fsp3) is 0.286. The van der Waals surface area contributed by atoms with Crippen molar-refractivity contribution in [2.75, 3.05) is 0 Å². The van der Waals surface area contributed by atoms with E-state index in [4.69, 9.17) is 4.74 Å². The first-order chi connectivity index (χ1) is 11.6. The molecule has 0 saturated carbocycles. The first-order valence-corrected chi connectivity index (χ1v) is 8.28. The molecular weight excluding hydrogens is 300 g/mol. The molecule has 3 heteroatoms. The highest BCUT2D eigenvalue weighted by molar-refractivity contribution is 5.94. The van der Waals surface area contributed by atoms with Gasteiger partial charge in [-0.1, -0.05) is 50.6 Å². The van der Waals surface area contributed by atoms with Gasteiger partial charge in [0.1, 0.15) is 17.1 Å². The number of carbonyl (C=O) groups excluding carboxylic acids is 1. The number of hydrogen-bond acceptors (Lipinski definition) is 3. The van der Waals surface area contributed by atoms with E-state index in [9.17, 15) is 9.90 Å². The van der Waals surface area contributed by atoms with Crippen molar-refractivity contribution in [3.05, 3.63) is 71.8 Å². The Balaban J connectivity index is 2.34. The van der Waals surface area contributed by atoms with Gasteiger partial charge in [-0.05, 0) is 48.1 Å². The van der Waals surface area contributed by atoms with E-state index in [0.29, 0.717) is 18.1 Å². The quantitative estimate of drug-likeness (QED) is 0.446. The van der Waals surface area contributed by atoms with E-state index < -0.39 is 5.97 Å². The van der Waals surface area contributed by atoms with Crippen molar-refractivity contribution in [2.24, 2.45) is 5.92 Å². The van der Waals surface area contributed by atoms with Gasteiger partial charge in [-0.25, -0.2) is 4.79 Å². The van der Waals surface area contributed by atoms with E-state index in [-0.39, 0.29) is 11.3 Å². The van der Waals surface area contributed by atoms with Gasteiger partial charge in [0.25, 0.3) is 0 Å². The van der Waals surface area contributed by atoms with Crippen LogP contribution in [0.2, 0.25) is 0 Å². The molecule has 0 radical (unpaired) electrons. The van der Waals surface area contributed by atoms with Crippen LogP contribution in [0.25, 0.3) is 0 Å². The second-order valence-corrected chi connectivity index (χ2v) is 6.01. The Hall–Kier alpha value is -2.55. The zero-order valence-electron chi connectivity index (χ0n) is 14.3. The smallest absolute Gasteiger partial charge is 0.347 e. The molecule has 0 fully saturated rings. The Bertz CT molecular complexity index is 705. The Morgan fingerprint density at radius 3 is 2.58 bits per heavy atom. The van der Waals surface area contributed by atoms with Crippen molar-refractivity contribution in [1.29, 1.82) is 0 Å². The summed E-state index contributed by atoms with van der Waals surface area (Å²) in [4.78, 5) is 12.4. The number of para-hydroxylation sites is 1. The fourth-order valence-corrected chi connectivity index (χ4v) is 2.56. The molecule has 0 aliphatic rings. The summed E-state index contributed by atoms with van der Waals surface area (Å²) in [5, 5.41) is 10.7. The van der Waals surface area contributed by atoms with Gasteiger partial charge in [-0.3, -0.25) is 0 Å². The van der Waals surface area contributed by atoms with Crippen LogP contribution in [-0.4, -0.2) is 11.1 Å². The van der Waals surface area contributed by atoms with E-state index in [1.54, 1.807) is 36.4 Å². The summed E-state index contributed by atoms with van der Waals surface area (Å²) in [6, 6.07) is 12.4. The average Bonchev–Trinajstić information content (AvgIpc) is 2.58. The minimum absolute atomic E-state index is 0.0237. The normalized spacial score (nSPS) is 11.8. The number of aromatic hydroxyl groups is 1. The second kappa shape index (κ2) is 8.34. The lowest BCUT2D eigenvalue weighted by Crippen LogP contribution is -2.11. The maximum absolute atomic E-state index is 12.4. The van der Waals surface area contributed by atoms with Crippen molar-refractivity contribution in [2.45, 2.75) is 33.1 Å². The van der Waals surface area contributed by atoms with Crippen molar-refractivity contribution in [3.63, 3.8) is 0 Å². The van der Waals surface area contributed by atoms with Crippen molar-refractivity contribution in [1.82, 2.24) is 0 Å². The molecule has 1 unspecified atom stereocenters. The summed E-state index contributed by atoms with van der Waals surface area (Å²) in [5.41, 5.74) is 2.01. The molecule has 2 aromatic rings. The summed E-state index contributed by atoms with van der Waals surface area (Å²) in [6.45, 7) is 8.01. The summed E-state index contributed by atoms with van der Waals surface area (Å²) in [7, 11) is 0. The first kappa shape index (κ1) is 17.8. The molecule has 126 valence electrons. The van der Waals surface area contributed by atoms with Gasteiger partial charge >= 0.3 is 5.97 Å². The zero-order valence-corrected chi connectivity index (χ0v) is 14.3. The Morgan fingerprint density at radius 1 is 1.25 bits per heavy atom. The molecule has 1 N–H and O–H groups in total. The lowest BCUT2D eigenvalue weighted by atomic mass is 9.91. The topological polar surface area (TPSA) is 46.5 Å². The molecule has 1 atom stereocenters. The monoisotopic (exact) mass is 324 g/mol.